The lowest BCUT2D eigenvalue weighted by atomic mass is 10.1. The number of hydrogen-bond donors (Lipinski definition) is 0. The Labute approximate surface area is 159 Å². The quantitative estimate of drug-likeness (QED) is 0.665. The molecule has 144 valence electrons. The molecule has 0 spiro atoms. The van der Waals surface area contributed by atoms with Gasteiger partial charge in [0.25, 0.3) is 5.91 Å². The largest absolute Gasteiger partial charge is 0.493 e. The molecule has 0 fully saturated rings. The van der Waals surface area contributed by atoms with Crippen molar-refractivity contribution in [2.45, 2.75) is 20.0 Å². The van der Waals surface area contributed by atoms with Crippen LogP contribution in [0.15, 0.2) is 48.5 Å². The molecule has 0 saturated heterocycles. The molecule has 27 heavy (non-hydrogen) atoms. The van der Waals surface area contributed by atoms with Crippen LogP contribution in [0.4, 0.5) is 0 Å². The van der Waals surface area contributed by atoms with E-state index in [0.29, 0.717) is 30.2 Å². The van der Waals surface area contributed by atoms with Crippen molar-refractivity contribution in [3.63, 3.8) is 0 Å². The number of rotatable bonds is 8. The summed E-state index contributed by atoms with van der Waals surface area (Å²) in [6.45, 7) is 4.85. The molecule has 0 unspecified atom stereocenters. The lowest BCUT2D eigenvalue weighted by molar-refractivity contribution is -0.140. The first-order valence-electron chi connectivity index (χ1n) is 8.82. The number of hydrogen-bond acceptors (Lipinski definition) is 5. The SMILES string of the molecule is CCN(CC)C(=O)[C@H](OC(=O)c1ccc(OC)c(OC)c1)c1ccccc1. The van der Waals surface area contributed by atoms with Gasteiger partial charge < -0.3 is 19.1 Å². The smallest absolute Gasteiger partial charge is 0.339 e. The van der Waals surface area contributed by atoms with Gasteiger partial charge in [0, 0.05) is 18.7 Å². The van der Waals surface area contributed by atoms with Crippen LogP contribution in [0.1, 0.15) is 35.9 Å². The summed E-state index contributed by atoms with van der Waals surface area (Å²) in [4.78, 5) is 27.2. The van der Waals surface area contributed by atoms with E-state index in [0.717, 1.165) is 0 Å². The standard InChI is InChI=1S/C21H25NO5/c1-5-22(6-2)20(23)19(15-10-8-7-9-11-15)27-21(24)16-12-13-17(25-3)18(14-16)26-4/h7-14,19H,5-6H2,1-4H3/t19-/m1/s1. The van der Waals surface area contributed by atoms with Crippen molar-refractivity contribution >= 4 is 11.9 Å². The summed E-state index contributed by atoms with van der Waals surface area (Å²) in [6.07, 6.45) is -1.01. The van der Waals surface area contributed by atoms with Gasteiger partial charge in [0.15, 0.2) is 11.5 Å². The van der Waals surface area contributed by atoms with E-state index in [2.05, 4.69) is 0 Å². The summed E-state index contributed by atoms with van der Waals surface area (Å²) in [5.41, 5.74) is 0.907. The van der Waals surface area contributed by atoms with Gasteiger partial charge in [0.05, 0.1) is 19.8 Å². The van der Waals surface area contributed by atoms with E-state index in [1.165, 1.54) is 20.3 Å². The number of carbonyl (C=O) groups is 2. The van der Waals surface area contributed by atoms with Crippen molar-refractivity contribution in [2.75, 3.05) is 27.3 Å². The maximum absolute atomic E-state index is 12.9. The van der Waals surface area contributed by atoms with Crippen molar-refractivity contribution in [3.8, 4) is 11.5 Å². The Morgan fingerprint density at radius 1 is 0.926 bits per heavy atom. The molecule has 0 radical (unpaired) electrons. The number of likely N-dealkylation sites (N-methyl/N-ethyl adjacent to an activating group) is 1. The minimum atomic E-state index is -1.01. The Bertz CT molecular complexity index is 771. The lowest BCUT2D eigenvalue weighted by Gasteiger charge is -2.25. The number of methoxy groups -OCH3 is 2. The van der Waals surface area contributed by atoms with Gasteiger partial charge in [-0.1, -0.05) is 30.3 Å². The summed E-state index contributed by atoms with van der Waals surface area (Å²) < 4.78 is 16.0. The Morgan fingerprint density at radius 3 is 2.11 bits per heavy atom. The topological polar surface area (TPSA) is 65.1 Å². The summed E-state index contributed by atoms with van der Waals surface area (Å²) in [5.74, 6) is 0.0662. The van der Waals surface area contributed by atoms with Gasteiger partial charge in [0.2, 0.25) is 6.10 Å². The molecule has 0 aliphatic carbocycles. The third kappa shape index (κ3) is 4.78. The highest BCUT2D eigenvalue weighted by Gasteiger charge is 2.29. The molecule has 2 aromatic rings. The predicted octanol–water partition coefficient (Wildman–Crippen LogP) is 3.47. The van der Waals surface area contributed by atoms with Crippen LogP contribution in [-0.2, 0) is 9.53 Å². The van der Waals surface area contributed by atoms with Gasteiger partial charge in [-0.2, -0.15) is 0 Å². The van der Waals surface area contributed by atoms with Crippen LogP contribution in [0.25, 0.3) is 0 Å². The molecule has 0 N–H and O–H groups in total. The summed E-state index contributed by atoms with van der Waals surface area (Å²) in [7, 11) is 3.01. The number of nitrogens with zero attached hydrogens (tertiary/aromatic N) is 1. The molecule has 6 heteroatoms. The fraction of sp³-hybridized carbons (Fsp3) is 0.333. The number of esters is 1. The average molecular weight is 371 g/mol. The molecular weight excluding hydrogens is 346 g/mol. The molecule has 0 saturated carbocycles. The molecule has 1 atom stereocenters. The first-order valence-corrected chi connectivity index (χ1v) is 8.82. The fourth-order valence-electron chi connectivity index (χ4n) is 2.73. The zero-order valence-electron chi connectivity index (χ0n) is 16.1. The molecule has 0 aliphatic rings. The molecule has 1 amide bonds. The molecule has 0 aromatic heterocycles. The highest BCUT2D eigenvalue weighted by molar-refractivity contribution is 5.93. The number of amides is 1. The monoisotopic (exact) mass is 371 g/mol. The molecule has 0 aliphatic heterocycles. The highest BCUT2D eigenvalue weighted by atomic mass is 16.5. The Morgan fingerprint density at radius 2 is 1.56 bits per heavy atom. The Kier molecular flexibility index (Phi) is 7.23. The molecule has 6 nitrogen and oxygen atoms in total. The van der Waals surface area contributed by atoms with E-state index in [9.17, 15) is 9.59 Å². The van der Waals surface area contributed by atoms with Gasteiger partial charge in [-0.3, -0.25) is 4.79 Å². The van der Waals surface area contributed by atoms with Crippen LogP contribution in [0.5, 0.6) is 11.5 Å². The van der Waals surface area contributed by atoms with Crippen LogP contribution < -0.4 is 9.47 Å². The summed E-state index contributed by atoms with van der Waals surface area (Å²) >= 11 is 0. The van der Waals surface area contributed by atoms with Crippen molar-refractivity contribution in [1.82, 2.24) is 4.90 Å². The van der Waals surface area contributed by atoms with Gasteiger partial charge >= 0.3 is 5.97 Å². The van der Waals surface area contributed by atoms with Crippen LogP contribution >= 0.6 is 0 Å². The number of ether oxygens (including phenoxy) is 3. The van der Waals surface area contributed by atoms with Crippen molar-refractivity contribution in [1.29, 1.82) is 0 Å². The van der Waals surface area contributed by atoms with Crippen LogP contribution in [0.2, 0.25) is 0 Å². The van der Waals surface area contributed by atoms with E-state index in [4.69, 9.17) is 14.2 Å². The van der Waals surface area contributed by atoms with Gasteiger partial charge in [-0.25, -0.2) is 4.79 Å². The van der Waals surface area contributed by atoms with Crippen LogP contribution in [0, 0.1) is 0 Å². The van der Waals surface area contributed by atoms with Crippen molar-refractivity contribution in [2.24, 2.45) is 0 Å². The van der Waals surface area contributed by atoms with Gasteiger partial charge in [0.1, 0.15) is 0 Å². The van der Waals surface area contributed by atoms with E-state index in [-0.39, 0.29) is 11.5 Å². The summed E-state index contributed by atoms with van der Waals surface area (Å²) in [5, 5.41) is 0. The molecule has 0 bridgehead atoms. The first kappa shape index (κ1) is 20.3. The van der Waals surface area contributed by atoms with E-state index < -0.39 is 12.1 Å². The van der Waals surface area contributed by atoms with Crippen molar-refractivity contribution < 1.29 is 23.8 Å². The van der Waals surface area contributed by atoms with E-state index >= 15 is 0 Å². The maximum atomic E-state index is 12.9. The van der Waals surface area contributed by atoms with E-state index in [1.54, 1.807) is 29.2 Å². The number of carbonyl (C=O) groups excluding carboxylic acids is 2. The zero-order chi connectivity index (χ0) is 19.8. The van der Waals surface area contributed by atoms with E-state index in [1.807, 2.05) is 32.0 Å². The predicted molar refractivity (Wildman–Crippen MR) is 102 cm³/mol. The molecule has 0 heterocycles. The fourth-order valence-corrected chi connectivity index (χ4v) is 2.73. The molecule has 2 aromatic carbocycles. The Hall–Kier alpha value is -3.02. The average Bonchev–Trinajstić information content (AvgIpc) is 2.72. The van der Waals surface area contributed by atoms with Gasteiger partial charge in [-0.05, 0) is 32.0 Å². The number of benzene rings is 2. The van der Waals surface area contributed by atoms with Crippen LogP contribution in [0.3, 0.4) is 0 Å². The normalized spacial score (nSPS) is 11.4. The highest BCUT2D eigenvalue weighted by Crippen LogP contribution is 2.29. The second-order valence-electron chi connectivity index (χ2n) is 5.78. The molecular formula is C21H25NO5. The minimum absolute atomic E-state index is 0.250. The molecule has 2 rings (SSSR count). The lowest BCUT2D eigenvalue weighted by Crippen LogP contribution is -2.36. The summed E-state index contributed by atoms with van der Waals surface area (Å²) in [6, 6.07) is 13.7. The minimum Gasteiger partial charge on any atom is -0.493 e. The third-order valence-electron chi connectivity index (χ3n) is 4.25. The Balaban J connectivity index is 2.32. The first-order chi connectivity index (χ1) is 13.0. The second-order valence-corrected chi connectivity index (χ2v) is 5.78. The maximum Gasteiger partial charge on any atom is 0.339 e. The zero-order valence-corrected chi connectivity index (χ0v) is 16.1. The third-order valence-corrected chi connectivity index (χ3v) is 4.25. The van der Waals surface area contributed by atoms with Crippen molar-refractivity contribution in [3.05, 3.63) is 59.7 Å². The van der Waals surface area contributed by atoms with Crippen LogP contribution in [-0.4, -0.2) is 44.1 Å². The van der Waals surface area contributed by atoms with Gasteiger partial charge in [-0.15, -0.1) is 0 Å². The second kappa shape index (κ2) is 9.62.